The van der Waals surface area contributed by atoms with E-state index >= 15 is 0 Å². The van der Waals surface area contributed by atoms with Crippen molar-refractivity contribution in [3.05, 3.63) is 58.7 Å². The first-order valence-electron chi connectivity index (χ1n) is 7.85. The predicted molar refractivity (Wildman–Crippen MR) is 103 cm³/mol. The zero-order valence-electron chi connectivity index (χ0n) is 14.4. The second kappa shape index (κ2) is 7.61. The summed E-state index contributed by atoms with van der Waals surface area (Å²) in [5, 5.41) is 3.36. The van der Waals surface area contributed by atoms with Gasteiger partial charge in [-0.3, -0.25) is 0 Å². The Morgan fingerprint density at radius 3 is 2.52 bits per heavy atom. The third-order valence-electron chi connectivity index (χ3n) is 4.06. The first-order chi connectivity index (χ1) is 12.1. The van der Waals surface area contributed by atoms with Crippen LogP contribution in [0.15, 0.2) is 53.1 Å². The van der Waals surface area contributed by atoms with Gasteiger partial charge in [-0.15, -0.1) is 0 Å². The van der Waals surface area contributed by atoms with E-state index in [0.717, 1.165) is 38.7 Å². The van der Waals surface area contributed by atoms with Gasteiger partial charge >= 0.3 is 0 Å². The van der Waals surface area contributed by atoms with Crippen LogP contribution in [0.1, 0.15) is 5.56 Å². The van der Waals surface area contributed by atoms with Crippen molar-refractivity contribution < 1.29 is 9.47 Å². The molecular weight excluding hydrogens is 382 g/mol. The van der Waals surface area contributed by atoms with E-state index < -0.39 is 0 Å². The maximum absolute atomic E-state index is 5.44. The van der Waals surface area contributed by atoms with Crippen LogP contribution in [0.5, 0.6) is 11.5 Å². The largest absolute Gasteiger partial charge is 0.497 e. The fourth-order valence-corrected chi connectivity index (χ4v) is 2.90. The molecule has 1 aromatic heterocycles. The maximum atomic E-state index is 5.44. The van der Waals surface area contributed by atoms with Gasteiger partial charge in [0.25, 0.3) is 0 Å². The van der Waals surface area contributed by atoms with Gasteiger partial charge in [-0.25, -0.2) is 4.98 Å². The predicted octanol–water partition coefficient (Wildman–Crippen LogP) is 4.48. The summed E-state index contributed by atoms with van der Waals surface area (Å²) in [5.41, 5.74) is 3.21. The normalized spacial score (nSPS) is 10.6. The topological polar surface area (TPSA) is 48.3 Å². The average Bonchev–Trinajstić information content (AvgIpc) is 3.01. The molecule has 3 rings (SSSR count). The van der Waals surface area contributed by atoms with Crippen molar-refractivity contribution in [2.75, 3.05) is 19.5 Å². The van der Waals surface area contributed by atoms with Crippen LogP contribution in [0, 0.1) is 0 Å². The Kier molecular flexibility index (Phi) is 5.28. The Bertz CT molecular complexity index is 860. The second-order valence-electron chi connectivity index (χ2n) is 5.56. The number of nitrogens with one attached hydrogen (secondary N) is 1. The molecule has 0 aliphatic rings. The minimum atomic E-state index is 0.609. The molecule has 6 heteroatoms. The number of methoxy groups -OCH3 is 2. The Labute approximate surface area is 155 Å². The standard InChI is InChI=1S/C19H20BrN3O2/c1-23-17(13-4-7-15(20)8-5-13)12-22-19(23)21-11-14-6-9-16(24-2)10-18(14)25-3/h4-10,12H,11H2,1-3H3,(H,21,22). The Morgan fingerprint density at radius 2 is 1.84 bits per heavy atom. The zero-order chi connectivity index (χ0) is 17.8. The highest BCUT2D eigenvalue weighted by atomic mass is 79.9. The third-order valence-corrected chi connectivity index (χ3v) is 4.59. The summed E-state index contributed by atoms with van der Waals surface area (Å²) in [7, 11) is 5.30. The number of rotatable bonds is 6. The minimum absolute atomic E-state index is 0.609. The van der Waals surface area contributed by atoms with Gasteiger partial charge in [-0.1, -0.05) is 28.1 Å². The van der Waals surface area contributed by atoms with Crippen molar-refractivity contribution in [3.8, 4) is 22.8 Å². The molecule has 0 fully saturated rings. The smallest absolute Gasteiger partial charge is 0.203 e. The summed E-state index contributed by atoms with van der Waals surface area (Å²) in [6.45, 7) is 0.609. The number of nitrogens with zero attached hydrogens (tertiary/aromatic N) is 2. The highest BCUT2D eigenvalue weighted by Crippen LogP contribution is 2.27. The Morgan fingerprint density at radius 1 is 1.08 bits per heavy atom. The molecule has 3 aromatic rings. The number of imidazole rings is 1. The van der Waals surface area contributed by atoms with Crippen LogP contribution in [0.3, 0.4) is 0 Å². The Balaban J connectivity index is 1.77. The second-order valence-corrected chi connectivity index (χ2v) is 6.48. The average molecular weight is 402 g/mol. The molecule has 1 N–H and O–H groups in total. The number of aromatic nitrogens is 2. The van der Waals surface area contributed by atoms with Crippen LogP contribution in [-0.2, 0) is 13.6 Å². The summed E-state index contributed by atoms with van der Waals surface area (Å²) >= 11 is 3.46. The van der Waals surface area contributed by atoms with Crippen LogP contribution in [0.25, 0.3) is 11.3 Å². The Hall–Kier alpha value is -2.47. The molecule has 0 aliphatic heterocycles. The first kappa shape index (κ1) is 17.4. The molecule has 130 valence electrons. The molecule has 0 spiro atoms. The van der Waals surface area contributed by atoms with Crippen molar-refractivity contribution in [2.45, 2.75) is 6.54 Å². The van der Waals surface area contributed by atoms with E-state index in [1.165, 1.54) is 0 Å². The summed E-state index contributed by atoms with van der Waals surface area (Å²) in [6, 6.07) is 14.0. The molecule has 0 unspecified atom stereocenters. The number of halogens is 1. The fraction of sp³-hybridized carbons (Fsp3) is 0.211. The van der Waals surface area contributed by atoms with Crippen LogP contribution in [-0.4, -0.2) is 23.8 Å². The first-order valence-corrected chi connectivity index (χ1v) is 8.64. The lowest BCUT2D eigenvalue weighted by atomic mass is 10.2. The number of hydrogen-bond acceptors (Lipinski definition) is 4. The number of ether oxygens (including phenoxy) is 2. The highest BCUT2D eigenvalue weighted by Gasteiger charge is 2.10. The quantitative estimate of drug-likeness (QED) is 0.661. The lowest BCUT2D eigenvalue weighted by molar-refractivity contribution is 0.391. The van der Waals surface area contributed by atoms with Crippen LogP contribution in [0.4, 0.5) is 5.95 Å². The molecule has 2 aromatic carbocycles. The molecule has 0 aliphatic carbocycles. The molecule has 0 radical (unpaired) electrons. The van der Waals surface area contributed by atoms with E-state index in [0.29, 0.717) is 6.54 Å². The lowest BCUT2D eigenvalue weighted by Gasteiger charge is -2.12. The molecule has 1 heterocycles. The summed E-state index contributed by atoms with van der Waals surface area (Å²) in [4.78, 5) is 4.49. The SMILES string of the molecule is COc1ccc(CNc2ncc(-c3ccc(Br)cc3)n2C)c(OC)c1. The van der Waals surface area contributed by atoms with Gasteiger partial charge < -0.3 is 19.4 Å². The van der Waals surface area contributed by atoms with Crippen LogP contribution in [0.2, 0.25) is 0 Å². The van der Waals surface area contributed by atoms with Gasteiger partial charge in [0.05, 0.1) is 26.1 Å². The van der Waals surface area contributed by atoms with E-state index in [1.54, 1.807) is 14.2 Å². The maximum Gasteiger partial charge on any atom is 0.203 e. The van der Waals surface area contributed by atoms with Crippen molar-refractivity contribution >= 4 is 21.9 Å². The third kappa shape index (κ3) is 3.79. The van der Waals surface area contributed by atoms with Gasteiger partial charge in [0.15, 0.2) is 0 Å². The molecule has 0 amide bonds. The molecule has 0 bridgehead atoms. The number of benzene rings is 2. The van der Waals surface area contributed by atoms with Gasteiger partial charge in [0.1, 0.15) is 11.5 Å². The molecule has 0 saturated carbocycles. The van der Waals surface area contributed by atoms with E-state index in [1.807, 2.05) is 48.1 Å². The van der Waals surface area contributed by atoms with Crippen molar-refractivity contribution in [1.82, 2.24) is 9.55 Å². The molecule has 25 heavy (non-hydrogen) atoms. The molecular formula is C19H20BrN3O2. The number of anilines is 1. The fourth-order valence-electron chi connectivity index (χ4n) is 2.63. The van der Waals surface area contributed by atoms with Gasteiger partial charge in [-0.2, -0.15) is 0 Å². The van der Waals surface area contributed by atoms with E-state index in [4.69, 9.17) is 9.47 Å². The molecule has 5 nitrogen and oxygen atoms in total. The van der Waals surface area contributed by atoms with Crippen LogP contribution >= 0.6 is 15.9 Å². The van der Waals surface area contributed by atoms with Crippen molar-refractivity contribution in [1.29, 1.82) is 0 Å². The van der Waals surface area contributed by atoms with Crippen LogP contribution < -0.4 is 14.8 Å². The van der Waals surface area contributed by atoms with E-state index in [2.05, 4.69) is 38.4 Å². The summed E-state index contributed by atoms with van der Waals surface area (Å²) < 4.78 is 13.8. The van der Waals surface area contributed by atoms with Crippen molar-refractivity contribution in [2.24, 2.45) is 7.05 Å². The van der Waals surface area contributed by atoms with Crippen molar-refractivity contribution in [3.63, 3.8) is 0 Å². The van der Waals surface area contributed by atoms with E-state index in [-0.39, 0.29) is 0 Å². The molecule has 0 atom stereocenters. The molecule has 0 saturated heterocycles. The van der Waals surface area contributed by atoms with E-state index in [9.17, 15) is 0 Å². The summed E-state index contributed by atoms with van der Waals surface area (Å²) in [6.07, 6.45) is 1.87. The number of hydrogen-bond donors (Lipinski definition) is 1. The minimum Gasteiger partial charge on any atom is -0.497 e. The highest BCUT2D eigenvalue weighted by molar-refractivity contribution is 9.10. The monoisotopic (exact) mass is 401 g/mol. The van der Waals surface area contributed by atoms with Gasteiger partial charge in [0, 0.05) is 29.7 Å². The van der Waals surface area contributed by atoms with Gasteiger partial charge in [-0.05, 0) is 29.8 Å². The van der Waals surface area contributed by atoms with Gasteiger partial charge in [0.2, 0.25) is 5.95 Å². The summed E-state index contributed by atoms with van der Waals surface area (Å²) in [5.74, 6) is 2.36. The lowest BCUT2D eigenvalue weighted by Crippen LogP contribution is -2.07. The zero-order valence-corrected chi connectivity index (χ0v) is 16.0.